The molecule has 0 spiro atoms. The van der Waals surface area contributed by atoms with Crippen LogP contribution in [0.3, 0.4) is 0 Å². The smallest absolute Gasteiger partial charge is 0.0926 e. The lowest BCUT2D eigenvalue weighted by molar-refractivity contribution is -0.00157. The van der Waals surface area contributed by atoms with Crippen LogP contribution < -0.4 is 0 Å². The standard InChI is InChI=1S/C18H24N4O/c1-18(5-9-23-10-6-18)12-22-8-4-15-16(21-13-20-15)17(22)14-3-2-7-19-11-14/h2-3,7,11,13,17H,4-6,8-10,12H2,1H3,(H,20,21). The highest BCUT2D eigenvalue weighted by molar-refractivity contribution is 5.31. The van der Waals surface area contributed by atoms with Gasteiger partial charge in [-0.05, 0) is 29.9 Å². The van der Waals surface area contributed by atoms with Gasteiger partial charge in [0.1, 0.15) is 0 Å². The Labute approximate surface area is 137 Å². The summed E-state index contributed by atoms with van der Waals surface area (Å²) in [4.78, 5) is 14.9. The van der Waals surface area contributed by atoms with Gasteiger partial charge in [-0.1, -0.05) is 13.0 Å². The second kappa shape index (κ2) is 6.06. The van der Waals surface area contributed by atoms with E-state index in [4.69, 9.17) is 4.74 Å². The van der Waals surface area contributed by atoms with E-state index in [2.05, 4.69) is 32.8 Å². The van der Waals surface area contributed by atoms with Gasteiger partial charge in [0.05, 0.1) is 18.1 Å². The molecule has 2 aliphatic heterocycles. The predicted molar refractivity (Wildman–Crippen MR) is 88.1 cm³/mol. The molecule has 122 valence electrons. The normalized spacial score (nSPS) is 24.3. The number of aromatic amines is 1. The summed E-state index contributed by atoms with van der Waals surface area (Å²) >= 11 is 0. The number of imidazole rings is 1. The molecule has 1 saturated heterocycles. The van der Waals surface area contributed by atoms with Crippen LogP contribution >= 0.6 is 0 Å². The van der Waals surface area contributed by atoms with E-state index in [-0.39, 0.29) is 6.04 Å². The topological polar surface area (TPSA) is 54.0 Å². The molecule has 1 atom stereocenters. The van der Waals surface area contributed by atoms with Crippen LogP contribution in [0.1, 0.15) is 42.8 Å². The summed E-state index contributed by atoms with van der Waals surface area (Å²) in [6, 6.07) is 4.39. The molecule has 5 nitrogen and oxygen atoms in total. The van der Waals surface area contributed by atoms with Gasteiger partial charge in [0.2, 0.25) is 0 Å². The fraction of sp³-hybridized carbons (Fsp3) is 0.556. The molecule has 0 saturated carbocycles. The third-order valence-electron chi connectivity index (χ3n) is 5.31. The lowest BCUT2D eigenvalue weighted by Crippen LogP contribution is -2.44. The van der Waals surface area contributed by atoms with Crippen molar-refractivity contribution in [1.82, 2.24) is 19.9 Å². The fourth-order valence-electron chi connectivity index (χ4n) is 3.91. The molecule has 4 rings (SSSR count). The van der Waals surface area contributed by atoms with Crippen LogP contribution in [0.15, 0.2) is 30.9 Å². The zero-order valence-electron chi connectivity index (χ0n) is 13.7. The first-order valence-corrected chi connectivity index (χ1v) is 8.49. The summed E-state index contributed by atoms with van der Waals surface area (Å²) in [7, 11) is 0. The highest BCUT2D eigenvalue weighted by atomic mass is 16.5. The maximum atomic E-state index is 5.56. The van der Waals surface area contributed by atoms with E-state index in [0.717, 1.165) is 45.6 Å². The van der Waals surface area contributed by atoms with Gasteiger partial charge in [-0.15, -0.1) is 0 Å². The quantitative estimate of drug-likeness (QED) is 0.946. The average molecular weight is 312 g/mol. The molecule has 0 aliphatic carbocycles. The zero-order valence-corrected chi connectivity index (χ0v) is 13.7. The molecule has 23 heavy (non-hydrogen) atoms. The van der Waals surface area contributed by atoms with Gasteiger partial charge >= 0.3 is 0 Å². The van der Waals surface area contributed by atoms with Crippen molar-refractivity contribution >= 4 is 0 Å². The Morgan fingerprint density at radius 2 is 2.26 bits per heavy atom. The van der Waals surface area contributed by atoms with Crippen LogP contribution in [0.25, 0.3) is 0 Å². The number of aromatic nitrogens is 3. The lowest BCUT2D eigenvalue weighted by atomic mass is 9.80. The van der Waals surface area contributed by atoms with Crippen LogP contribution in [0.5, 0.6) is 0 Å². The fourth-order valence-corrected chi connectivity index (χ4v) is 3.91. The number of H-pyrrole nitrogens is 1. The van der Waals surface area contributed by atoms with Gasteiger partial charge in [-0.3, -0.25) is 9.88 Å². The van der Waals surface area contributed by atoms with E-state index in [1.54, 1.807) is 0 Å². The second-order valence-electron chi connectivity index (χ2n) is 7.10. The van der Waals surface area contributed by atoms with Crippen LogP contribution in [-0.2, 0) is 11.2 Å². The zero-order chi connectivity index (χ0) is 15.7. The maximum absolute atomic E-state index is 5.56. The van der Waals surface area contributed by atoms with Gasteiger partial charge in [-0.25, -0.2) is 4.98 Å². The molecule has 1 fully saturated rings. The maximum Gasteiger partial charge on any atom is 0.0926 e. The molecule has 1 N–H and O–H groups in total. The number of ether oxygens (including phenoxy) is 1. The highest BCUT2D eigenvalue weighted by Gasteiger charge is 2.36. The predicted octanol–water partition coefficient (Wildman–Crippen LogP) is 2.57. The van der Waals surface area contributed by atoms with Gasteiger partial charge in [0, 0.05) is 50.8 Å². The number of pyridine rings is 1. The first-order valence-electron chi connectivity index (χ1n) is 8.49. The lowest BCUT2D eigenvalue weighted by Gasteiger charge is -2.43. The van der Waals surface area contributed by atoms with Crippen molar-refractivity contribution < 1.29 is 4.74 Å². The van der Waals surface area contributed by atoms with Gasteiger partial charge in [0.15, 0.2) is 0 Å². The van der Waals surface area contributed by atoms with Crippen LogP contribution in [0.2, 0.25) is 0 Å². The number of hydrogen-bond donors (Lipinski definition) is 1. The number of hydrogen-bond acceptors (Lipinski definition) is 4. The van der Waals surface area contributed by atoms with E-state index in [1.807, 2.05) is 24.8 Å². The van der Waals surface area contributed by atoms with E-state index in [0.29, 0.717) is 5.41 Å². The van der Waals surface area contributed by atoms with Crippen molar-refractivity contribution in [1.29, 1.82) is 0 Å². The Kier molecular flexibility index (Phi) is 3.91. The Balaban J connectivity index is 1.65. The number of rotatable bonds is 3. The molecule has 0 bridgehead atoms. The molecule has 0 aromatic carbocycles. The Morgan fingerprint density at radius 1 is 1.39 bits per heavy atom. The average Bonchev–Trinajstić information content (AvgIpc) is 3.04. The summed E-state index contributed by atoms with van der Waals surface area (Å²) in [6.07, 6.45) is 8.95. The molecule has 2 aliphatic rings. The molecule has 2 aromatic rings. The monoisotopic (exact) mass is 312 g/mol. The molecule has 1 unspecified atom stereocenters. The van der Waals surface area contributed by atoms with Crippen molar-refractivity contribution in [2.75, 3.05) is 26.3 Å². The Morgan fingerprint density at radius 3 is 3.04 bits per heavy atom. The van der Waals surface area contributed by atoms with Gasteiger partial charge in [-0.2, -0.15) is 0 Å². The van der Waals surface area contributed by atoms with E-state index < -0.39 is 0 Å². The summed E-state index contributed by atoms with van der Waals surface area (Å²) in [5.74, 6) is 0. The molecule has 5 heteroatoms. The third kappa shape index (κ3) is 2.91. The van der Waals surface area contributed by atoms with Crippen molar-refractivity contribution in [2.45, 2.75) is 32.2 Å². The van der Waals surface area contributed by atoms with E-state index in [9.17, 15) is 0 Å². The second-order valence-corrected chi connectivity index (χ2v) is 7.10. The Hall–Kier alpha value is -1.72. The number of nitrogens with one attached hydrogen (secondary N) is 1. The molecule has 0 amide bonds. The third-order valence-corrected chi connectivity index (χ3v) is 5.31. The molecule has 4 heterocycles. The van der Waals surface area contributed by atoms with Gasteiger partial charge in [0.25, 0.3) is 0 Å². The van der Waals surface area contributed by atoms with Crippen molar-refractivity contribution in [3.05, 3.63) is 47.8 Å². The van der Waals surface area contributed by atoms with Crippen molar-refractivity contribution in [3.63, 3.8) is 0 Å². The number of nitrogens with zero attached hydrogens (tertiary/aromatic N) is 3. The molecular weight excluding hydrogens is 288 g/mol. The van der Waals surface area contributed by atoms with E-state index >= 15 is 0 Å². The number of fused-ring (bicyclic) bond motifs is 1. The van der Waals surface area contributed by atoms with Crippen LogP contribution in [0.4, 0.5) is 0 Å². The van der Waals surface area contributed by atoms with Crippen molar-refractivity contribution in [3.8, 4) is 0 Å². The summed E-state index contributed by atoms with van der Waals surface area (Å²) < 4.78 is 5.56. The van der Waals surface area contributed by atoms with Crippen LogP contribution in [-0.4, -0.2) is 46.2 Å². The Bertz CT molecular complexity index is 648. The first-order chi connectivity index (χ1) is 11.3. The minimum Gasteiger partial charge on any atom is -0.381 e. The SMILES string of the molecule is CC1(CN2CCc3[nH]cnc3C2c2cccnc2)CCOCC1. The van der Waals surface area contributed by atoms with Crippen LogP contribution in [0, 0.1) is 5.41 Å². The summed E-state index contributed by atoms with van der Waals surface area (Å²) in [6.45, 7) is 6.31. The first kappa shape index (κ1) is 14.8. The summed E-state index contributed by atoms with van der Waals surface area (Å²) in [5, 5.41) is 0. The molecular formula is C18H24N4O. The largest absolute Gasteiger partial charge is 0.381 e. The molecule has 2 aromatic heterocycles. The van der Waals surface area contributed by atoms with Crippen molar-refractivity contribution in [2.24, 2.45) is 5.41 Å². The highest BCUT2D eigenvalue weighted by Crippen LogP contribution is 2.38. The van der Waals surface area contributed by atoms with E-state index in [1.165, 1.54) is 17.0 Å². The summed E-state index contributed by atoms with van der Waals surface area (Å²) in [5.41, 5.74) is 4.00. The minimum atomic E-state index is 0.207. The minimum absolute atomic E-state index is 0.207. The molecule has 0 radical (unpaired) electrons. The van der Waals surface area contributed by atoms with Gasteiger partial charge < -0.3 is 9.72 Å².